The first-order valence-electron chi connectivity index (χ1n) is 18.0. The van der Waals surface area contributed by atoms with Crippen LogP contribution in [0.25, 0.3) is 87.6 Å². The summed E-state index contributed by atoms with van der Waals surface area (Å²) < 4.78 is 41.6. The fourth-order valence-corrected chi connectivity index (χ4v) is 7.07. The van der Waals surface area contributed by atoms with E-state index >= 15 is 0 Å². The zero-order chi connectivity index (χ0) is 34.8. The standard InChI is InChI=1S/C46H30/c1-3-13-31(14-4-1)34-25-23-32-24-26-35(30-36(32)29-34)45-40-19-9-11-21-42(40)46(43-22-12-10-20-41(43)45)44-28-27-37(33-15-5-2-6-16-33)38-17-7-8-18-39(38)44/h1-30H/i1D,3D,4D,13D,14D. The molecule has 9 aromatic carbocycles. The Morgan fingerprint density at radius 1 is 0.304 bits per heavy atom. The van der Waals surface area contributed by atoms with Crippen LogP contribution in [0.15, 0.2) is 182 Å². The first-order valence-corrected chi connectivity index (χ1v) is 15.5. The highest BCUT2D eigenvalue weighted by molar-refractivity contribution is 6.24. The average molecular weight is 588 g/mol. The summed E-state index contributed by atoms with van der Waals surface area (Å²) in [5, 5.41) is 8.96. The van der Waals surface area contributed by atoms with Crippen molar-refractivity contribution in [2.45, 2.75) is 0 Å². The van der Waals surface area contributed by atoms with Crippen LogP contribution >= 0.6 is 0 Å². The van der Waals surface area contributed by atoms with Gasteiger partial charge in [0, 0.05) is 0 Å². The normalized spacial score (nSPS) is 13.0. The van der Waals surface area contributed by atoms with Crippen LogP contribution < -0.4 is 0 Å². The van der Waals surface area contributed by atoms with Crippen molar-refractivity contribution < 1.29 is 6.85 Å². The van der Waals surface area contributed by atoms with Crippen molar-refractivity contribution in [1.82, 2.24) is 0 Å². The lowest BCUT2D eigenvalue weighted by Gasteiger charge is -2.20. The third kappa shape index (κ3) is 4.30. The molecule has 46 heavy (non-hydrogen) atoms. The van der Waals surface area contributed by atoms with Crippen molar-refractivity contribution in [1.29, 1.82) is 0 Å². The molecule has 9 rings (SSSR count). The lowest BCUT2D eigenvalue weighted by atomic mass is 9.83. The van der Waals surface area contributed by atoms with E-state index in [1.165, 1.54) is 33.0 Å². The molecule has 0 N–H and O–H groups in total. The Kier molecular flexibility index (Phi) is 5.12. The van der Waals surface area contributed by atoms with Crippen LogP contribution in [0.5, 0.6) is 0 Å². The molecular formula is C46H30. The average Bonchev–Trinajstić information content (AvgIpc) is 3.18. The van der Waals surface area contributed by atoms with Crippen LogP contribution in [-0.4, -0.2) is 0 Å². The molecule has 9 aromatic rings. The third-order valence-corrected chi connectivity index (χ3v) is 9.13. The molecule has 0 bridgehead atoms. The summed E-state index contributed by atoms with van der Waals surface area (Å²) >= 11 is 0. The van der Waals surface area contributed by atoms with E-state index in [2.05, 4.69) is 133 Å². The van der Waals surface area contributed by atoms with Gasteiger partial charge in [-0.15, -0.1) is 0 Å². The van der Waals surface area contributed by atoms with Gasteiger partial charge in [0.1, 0.15) is 0 Å². The lowest BCUT2D eigenvalue weighted by molar-refractivity contribution is 1.64. The van der Waals surface area contributed by atoms with Crippen LogP contribution in [0, 0.1) is 0 Å². The Morgan fingerprint density at radius 2 is 0.804 bits per heavy atom. The number of benzene rings is 9. The molecule has 0 atom stereocenters. The molecule has 0 nitrogen and oxygen atoms in total. The van der Waals surface area contributed by atoms with Gasteiger partial charge < -0.3 is 0 Å². The molecule has 0 spiro atoms. The largest absolute Gasteiger partial charge is 0.0629 e. The highest BCUT2D eigenvalue weighted by Gasteiger charge is 2.19. The second-order valence-electron chi connectivity index (χ2n) is 11.7. The van der Waals surface area contributed by atoms with Crippen molar-refractivity contribution in [3.63, 3.8) is 0 Å². The number of hydrogen-bond acceptors (Lipinski definition) is 0. The maximum absolute atomic E-state index is 8.56. The maximum atomic E-state index is 8.56. The third-order valence-electron chi connectivity index (χ3n) is 9.13. The monoisotopic (exact) mass is 587 g/mol. The molecule has 0 radical (unpaired) electrons. The van der Waals surface area contributed by atoms with E-state index in [-0.39, 0.29) is 35.8 Å². The minimum atomic E-state index is -0.390. The Labute approximate surface area is 275 Å². The second kappa shape index (κ2) is 10.9. The second-order valence-corrected chi connectivity index (χ2v) is 11.7. The van der Waals surface area contributed by atoms with Gasteiger partial charge in [0.25, 0.3) is 0 Å². The first-order chi connectivity index (χ1) is 24.9. The van der Waals surface area contributed by atoms with E-state index in [0.29, 0.717) is 5.56 Å². The molecule has 0 aliphatic rings. The van der Waals surface area contributed by atoms with Crippen LogP contribution in [-0.2, 0) is 0 Å². The molecule has 0 heterocycles. The molecule has 0 amide bonds. The highest BCUT2D eigenvalue weighted by Crippen LogP contribution is 2.46. The number of fused-ring (bicyclic) bond motifs is 4. The summed E-state index contributed by atoms with van der Waals surface area (Å²) in [6, 6.07) is 51.7. The smallest absolute Gasteiger partial charge is 0.0622 e. The van der Waals surface area contributed by atoms with E-state index < -0.39 is 0 Å². The van der Waals surface area contributed by atoms with Crippen molar-refractivity contribution in [3.05, 3.63) is 182 Å². The summed E-state index contributed by atoms with van der Waals surface area (Å²) in [6.07, 6.45) is 0. The lowest BCUT2D eigenvalue weighted by Crippen LogP contribution is -1.92. The molecule has 0 aliphatic carbocycles. The molecule has 0 saturated heterocycles. The minimum absolute atomic E-state index is 0.201. The van der Waals surface area contributed by atoms with Gasteiger partial charge in [-0.1, -0.05) is 170 Å². The van der Waals surface area contributed by atoms with Crippen LogP contribution in [0.4, 0.5) is 0 Å². The minimum Gasteiger partial charge on any atom is -0.0622 e. The molecular weight excluding hydrogens is 553 g/mol. The van der Waals surface area contributed by atoms with Gasteiger partial charge in [-0.05, 0) is 99.7 Å². The molecule has 0 fully saturated rings. The SMILES string of the molecule is [2H]c1c([2H])c([2H])c(-c2ccc3ccc(-c4c5ccccc5c(-c5ccc(-c6ccccc6)c6ccccc56)c5ccccc45)cc3c2)c([2H])c1[2H]. The van der Waals surface area contributed by atoms with Gasteiger partial charge >= 0.3 is 0 Å². The predicted molar refractivity (Wildman–Crippen MR) is 198 cm³/mol. The van der Waals surface area contributed by atoms with E-state index in [1.54, 1.807) is 0 Å². The summed E-state index contributed by atoms with van der Waals surface area (Å²) in [5.74, 6) is 0. The van der Waals surface area contributed by atoms with Gasteiger partial charge in [-0.2, -0.15) is 0 Å². The van der Waals surface area contributed by atoms with Gasteiger partial charge in [-0.25, -0.2) is 0 Å². The molecule has 0 heteroatoms. The summed E-state index contributed by atoms with van der Waals surface area (Å²) in [7, 11) is 0. The Balaban J connectivity index is 1.29. The van der Waals surface area contributed by atoms with E-state index in [9.17, 15) is 0 Å². The van der Waals surface area contributed by atoms with Crippen molar-refractivity contribution in [3.8, 4) is 44.5 Å². The Bertz CT molecular complexity index is 2770. The van der Waals surface area contributed by atoms with Crippen LogP contribution in [0.2, 0.25) is 0 Å². The topological polar surface area (TPSA) is 0 Å². The summed E-state index contributed by atoms with van der Waals surface area (Å²) in [4.78, 5) is 0. The zero-order valence-corrected chi connectivity index (χ0v) is 24.9. The zero-order valence-electron chi connectivity index (χ0n) is 29.9. The van der Waals surface area contributed by atoms with E-state index in [4.69, 9.17) is 6.85 Å². The first kappa shape index (κ1) is 21.7. The number of hydrogen-bond donors (Lipinski definition) is 0. The molecule has 0 aromatic heterocycles. The van der Waals surface area contributed by atoms with Gasteiger partial charge in [0.05, 0.1) is 6.85 Å². The van der Waals surface area contributed by atoms with Gasteiger partial charge in [0.15, 0.2) is 0 Å². The number of rotatable bonds is 4. The van der Waals surface area contributed by atoms with E-state index in [1.807, 2.05) is 18.2 Å². The van der Waals surface area contributed by atoms with Crippen LogP contribution in [0.3, 0.4) is 0 Å². The molecule has 0 aliphatic heterocycles. The van der Waals surface area contributed by atoms with Gasteiger partial charge in [0.2, 0.25) is 0 Å². The molecule has 0 saturated carbocycles. The van der Waals surface area contributed by atoms with E-state index in [0.717, 1.165) is 43.4 Å². The fourth-order valence-electron chi connectivity index (χ4n) is 7.07. The van der Waals surface area contributed by atoms with Crippen LogP contribution in [0.1, 0.15) is 6.85 Å². The van der Waals surface area contributed by atoms with Crippen molar-refractivity contribution >= 4 is 43.1 Å². The predicted octanol–water partition coefficient (Wildman–Crippen LogP) is 13.0. The summed E-state index contributed by atoms with van der Waals surface area (Å²) in [5.41, 5.74) is 7.76. The Morgan fingerprint density at radius 3 is 1.46 bits per heavy atom. The molecule has 214 valence electrons. The Hall–Kier alpha value is -5.98. The highest BCUT2D eigenvalue weighted by atomic mass is 14.2. The molecule has 0 unspecified atom stereocenters. The van der Waals surface area contributed by atoms with Gasteiger partial charge in [-0.3, -0.25) is 0 Å². The fraction of sp³-hybridized carbons (Fsp3) is 0. The van der Waals surface area contributed by atoms with Crippen molar-refractivity contribution in [2.75, 3.05) is 0 Å². The quantitative estimate of drug-likeness (QED) is 0.180. The maximum Gasteiger partial charge on any atom is 0.0629 e. The van der Waals surface area contributed by atoms with Crippen molar-refractivity contribution in [2.24, 2.45) is 0 Å². The summed E-state index contributed by atoms with van der Waals surface area (Å²) in [6.45, 7) is 0.